The van der Waals surface area contributed by atoms with E-state index in [0.29, 0.717) is 12.3 Å². The van der Waals surface area contributed by atoms with Gasteiger partial charge in [-0.05, 0) is 42.7 Å². The molecule has 0 bridgehead atoms. The topological polar surface area (TPSA) is 50.7 Å². The lowest BCUT2D eigenvalue weighted by molar-refractivity contribution is 0.170. The molecule has 0 aliphatic carbocycles. The van der Waals surface area contributed by atoms with Crippen molar-refractivity contribution in [2.45, 2.75) is 12.5 Å². The lowest BCUT2D eigenvalue weighted by Crippen LogP contribution is -2.22. The van der Waals surface area contributed by atoms with Crippen molar-refractivity contribution in [1.29, 1.82) is 0 Å². The van der Waals surface area contributed by atoms with Crippen molar-refractivity contribution in [3.8, 4) is 11.5 Å². The summed E-state index contributed by atoms with van der Waals surface area (Å²) in [6.07, 6.45) is 2.71. The minimum absolute atomic E-state index is 0.266. The van der Waals surface area contributed by atoms with Crippen molar-refractivity contribution in [1.82, 2.24) is 5.32 Å². The van der Waals surface area contributed by atoms with Crippen molar-refractivity contribution < 1.29 is 14.6 Å². The minimum atomic E-state index is -0.506. The average Bonchev–Trinajstić information content (AvgIpc) is 2.85. The van der Waals surface area contributed by atoms with E-state index in [2.05, 4.69) is 11.6 Å². The van der Waals surface area contributed by atoms with E-state index < -0.39 is 6.10 Å². The molecule has 1 aromatic carbocycles. The zero-order valence-corrected chi connectivity index (χ0v) is 11.3. The Balaban J connectivity index is 1.80. The van der Waals surface area contributed by atoms with E-state index in [1.807, 2.05) is 30.0 Å². The maximum Gasteiger partial charge on any atom is 0.231 e. The molecule has 0 spiro atoms. The van der Waals surface area contributed by atoms with Crippen LogP contribution in [0.4, 0.5) is 0 Å². The fourth-order valence-electron chi connectivity index (χ4n) is 1.82. The Bertz CT molecular complexity index is 386. The van der Waals surface area contributed by atoms with Gasteiger partial charge in [-0.25, -0.2) is 0 Å². The molecule has 0 radical (unpaired) electrons. The van der Waals surface area contributed by atoms with Gasteiger partial charge in [0.25, 0.3) is 0 Å². The molecule has 1 heterocycles. The van der Waals surface area contributed by atoms with E-state index in [-0.39, 0.29) is 6.79 Å². The van der Waals surface area contributed by atoms with E-state index in [9.17, 15) is 5.11 Å². The predicted molar refractivity (Wildman–Crippen MR) is 73.4 cm³/mol. The van der Waals surface area contributed by atoms with Crippen LogP contribution in [0.1, 0.15) is 18.1 Å². The zero-order valence-electron chi connectivity index (χ0n) is 10.5. The van der Waals surface area contributed by atoms with Crippen LogP contribution < -0.4 is 14.8 Å². The molecule has 1 aromatic rings. The number of hydrogen-bond acceptors (Lipinski definition) is 5. The minimum Gasteiger partial charge on any atom is -0.454 e. The highest BCUT2D eigenvalue weighted by atomic mass is 32.2. The van der Waals surface area contributed by atoms with E-state index in [1.165, 1.54) is 0 Å². The molecule has 2 N–H and O–H groups in total. The molecule has 1 aliphatic heterocycles. The number of rotatable bonds is 7. The normalized spacial score (nSPS) is 14.8. The van der Waals surface area contributed by atoms with Crippen LogP contribution in [-0.2, 0) is 0 Å². The van der Waals surface area contributed by atoms with Gasteiger partial charge in [0, 0.05) is 6.54 Å². The van der Waals surface area contributed by atoms with Gasteiger partial charge in [-0.2, -0.15) is 11.8 Å². The Morgan fingerprint density at radius 3 is 3.06 bits per heavy atom. The van der Waals surface area contributed by atoms with E-state index in [4.69, 9.17) is 9.47 Å². The Hall–Kier alpha value is -0.910. The highest BCUT2D eigenvalue weighted by Gasteiger charge is 2.16. The molecule has 100 valence electrons. The second kappa shape index (κ2) is 6.87. The van der Waals surface area contributed by atoms with E-state index in [1.54, 1.807) is 0 Å². The highest BCUT2D eigenvalue weighted by molar-refractivity contribution is 7.98. The molecule has 1 unspecified atom stereocenters. The Morgan fingerprint density at radius 2 is 2.22 bits per heavy atom. The molecule has 5 heteroatoms. The van der Waals surface area contributed by atoms with Gasteiger partial charge in [0.2, 0.25) is 6.79 Å². The number of aliphatic hydroxyl groups excluding tert-OH is 1. The third kappa shape index (κ3) is 3.54. The van der Waals surface area contributed by atoms with Gasteiger partial charge in [-0.1, -0.05) is 6.07 Å². The number of ether oxygens (including phenoxy) is 2. The van der Waals surface area contributed by atoms with Crippen LogP contribution in [0.3, 0.4) is 0 Å². The summed E-state index contributed by atoms with van der Waals surface area (Å²) in [7, 11) is 0. The third-order valence-corrected chi connectivity index (χ3v) is 3.52. The Morgan fingerprint density at radius 1 is 1.39 bits per heavy atom. The fraction of sp³-hybridized carbons (Fsp3) is 0.538. The van der Waals surface area contributed by atoms with E-state index >= 15 is 0 Å². The van der Waals surface area contributed by atoms with Crippen LogP contribution in [-0.4, -0.2) is 37.0 Å². The first-order chi connectivity index (χ1) is 8.81. The van der Waals surface area contributed by atoms with Crippen molar-refractivity contribution in [3.63, 3.8) is 0 Å². The SMILES string of the molecule is CSCCCNCC(O)c1ccc2c(c1)OCO2. The first kappa shape index (κ1) is 13.5. The van der Waals surface area contributed by atoms with Crippen LogP contribution in [0.25, 0.3) is 0 Å². The number of aliphatic hydroxyl groups is 1. The van der Waals surface area contributed by atoms with Gasteiger partial charge in [0.05, 0.1) is 6.10 Å². The first-order valence-electron chi connectivity index (χ1n) is 6.08. The van der Waals surface area contributed by atoms with Crippen molar-refractivity contribution in [2.24, 2.45) is 0 Å². The fourth-order valence-corrected chi connectivity index (χ4v) is 2.25. The van der Waals surface area contributed by atoms with Crippen molar-refractivity contribution >= 4 is 11.8 Å². The van der Waals surface area contributed by atoms with Crippen molar-refractivity contribution in [2.75, 3.05) is 31.9 Å². The summed E-state index contributed by atoms with van der Waals surface area (Å²) in [4.78, 5) is 0. The lowest BCUT2D eigenvalue weighted by atomic mass is 10.1. The molecule has 18 heavy (non-hydrogen) atoms. The number of nitrogens with one attached hydrogen (secondary N) is 1. The Labute approximate surface area is 112 Å². The van der Waals surface area contributed by atoms with Gasteiger partial charge < -0.3 is 19.9 Å². The van der Waals surface area contributed by atoms with Crippen LogP contribution in [0.5, 0.6) is 11.5 Å². The standard InChI is InChI=1S/C13H19NO3S/c1-18-6-2-5-14-8-11(15)10-3-4-12-13(7-10)17-9-16-12/h3-4,7,11,14-15H,2,5-6,8-9H2,1H3. The van der Waals surface area contributed by atoms with Crippen molar-refractivity contribution in [3.05, 3.63) is 23.8 Å². The zero-order chi connectivity index (χ0) is 12.8. The van der Waals surface area contributed by atoms with E-state index in [0.717, 1.165) is 30.0 Å². The molecular weight excluding hydrogens is 250 g/mol. The number of thioether (sulfide) groups is 1. The highest BCUT2D eigenvalue weighted by Crippen LogP contribution is 2.33. The first-order valence-corrected chi connectivity index (χ1v) is 7.48. The van der Waals surface area contributed by atoms with Gasteiger partial charge in [-0.15, -0.1) is 0 Å². The predicted octanol–water partition coefficient (Wildman–Crippen LogP) is 1.79. The third-order valence-electron chi connectivity index (χ3n) is 2.82. The summed E-state index contributed by atoms with van der Waals surface area (Å²) >= 11 is 1.84. The maximum atomic E-state index is 10.0. The Kier molecular flexibility index (Phi) is 5.16. The molecule has 1 aliphatic rings. The van der Waals surface area contributed by atoms with Crippen LogP contribution in [0.2, 0.25) is 0 Å². The number of benzene rings is 1. The molecule has 0 fully saturated rings. The summed E-state index contributed by atoms with van der Waals surface area (Å²) in [6.45, 7) is 1.76. The summed E-state index contributed by atoms with van der Waals surface area (Å²) < 4.78 is 10.5. The average molecular weight is 269 g/mol. The van der Waals surface area contributed by atoms with Gasteiger partial charge in [-0.3, -0.25) is 0 Å². The second-order valence-electron chi connectivity index (χ2n) is 4.18. The largest absolute Gasteiger partial charge is 0.454 e. The lowest BCUT2D eigenvalue weighted by Gasteiger charge is -2.12. The summed E-state index contributed by atoms with van der Waals surface area (Å²) in [5.41, 5.74) is 0.858. The molecule has 0 amide bonds. The molecule has 2 rings (SSSR count). The van der Waals surface area contributed by atoms with Gasteiger partial charge >= 0.3 is 0 Å². The van der Waals surface area contributed by atoms with Crippen LogP contribution in [0.15, 0.2) is 18.2 Å². The molecule has 0 aromatic heterocycles. The molecule has 1 atom stereocenters. The number of hydrogen-bond donors (Lipinski definition) is 2. The molecule has 4 nitrogen and oxygen atoms in total. The monoisotopic (exact) mass is 269 g/mol. The van der Waals surface area contributed by atoms with Gasteiger partial charge in [0.1, 0.15) is 0 Å². The summed E-state index contributed by atoms with van der Waals surface area (Å²) in [5.74, 6) is 2.61. The summed E-state index contributed by atoms with van der Waals surface area (Å²) in [6, 6.07) is 5.56. The molecule has 0 saturated heterocycles. The quantitative estimate of drug-likeness (QED) is 0.739. The second-order valence-corrected chi connectivity index (χ2v) is 5.16. The molecular formula is C13H19NO3S. The van der Waals surface area contributed by atoms with Crippen LogP contribution in [0, 0.1) is 0 Å². The summed E-state index contributed by atoms with van der Waals surface area (Å²) in [5, 5.41) is 13.3. The van der Waals surface area contributed by atoms with Gasteiger partial charge in [0.15, 0.2) is 11.5 Å². The maximum absolute atomic E-state index is 10.0. The number of fused-ring (bicyclic) bond motifs is 1. The van der Waals surface area contributed by atoms with Crippen LogP contribution >= 0.6 is 11.8 Å². The smallest absolute Gasteiger partial charge is 0.231 e. The molecule has 0 saturated carbocycles.